The van der Waals surface area contributed by atoms with Gasteiger partial charge >= 0.3 is 12.2 Å². The van der Waals surface area contributed by atoms with Crippen molar-refractivity contribution in [1.82, 2.24) is 33.3 Å². The second-order valence-electron chi connectivity index (χ2n) is 20.4. The van der Waals surface area contributed by atoms with Crippen LogP contribution in [0.4, 0.5) is 15.3 Å². The Balaban J connectivity index is 0.000000263. The third-order valence-electron chi connectivity index (χ3n) is 12.0. The van der Waals surface area contributed by atoms with Gasteiger partial charge in [-0.05, 0) is 99.5 Å². The third kappa shape index (κ3) is 21.5. The number of hydrogen-bond acceptors (Lipinski definition) is 17. The number of ether oxygens (including phenoxy) is 2. The number of benzene rings is 4. The van der Waals surface area contributed by atoms with E-state index in [4.69, 9.17) is 9.47 Å². The molecule has 4 aliphatic heterocycles. The summed E-state index contributed by atoms with van der Waals surface area (Å²) in [5, 5.41) is 28.7. The van der Waals surface area contributed by atoms with Crippen LogP contribution in [0.15, 0.2) is 65.1 Å². The molecule has 0 atom stereocenters. The van der Waals surface area contributed by atoms with E-state index in [2.05, 4.69) is 31.5 Å². The Kier molecular flexibility index (Phi) is 25.2. The van der Waals surface area contributed by atoms with E-state index in [9.17, 15) is 54.6 Å². The molecule has 0 saturated carbocycles. The molecule has 4 aliphatic rings. The fourth-order valence-electron chi connectivity index (χ4n) is 8.04. The Labute approximate surface area is 469 Å². The van der Waals surface area contributed by atoms with E-state index >= 15 is 0 Å². The molecule has 0 radical (unpaired) electrons. The Hall–Kier alpha value is -5.19. The molecule has 4 saturated heterocycles. The summed E-state index contributed by atoms with van der Waals surface area (Å²) in [5.74, 6) is -0.00293. The second-order valence-corrected chi connectivity index (χ2v) is 27.3. The molecule has 2 amide bonds. The third-order valence-corrected chi connectivity index (χ3v) is 16.4. The van der Waals surface area contributed by atoms with Crippen molar-refractivity contribution in [1.29, 1.82) is 0 Å². The van der Waals surface area contributed by atoms with E-state index in [1.807, 2.05) is 57.2 Å². The number of hydrogen-bond donors (Lipinski definition) is 4. The number of aromatic hydroxyl groups is 2. The van der Waals surface area contributed by atoms with Crippen LogP contribution in [0.5, 0.6) is 11.5 Å². The molecule has 0 bridgehead atoms. The van der Waals surface area contributed by atoms with E-state index < -0.39 is 35.7 Å². The number of phenolic OH excluding ortho intramolecular Hbond substituents is 2. The van der Waals surface area contributed by atoms with Crippen LogP contribution in [0, 0.1) is 0 Å². The number of carbonyl (C=O) groups is 4. The van der Waals surface area contributed by atoms with Crippen molar-refractivity contribution < 1.29 is 64.1 Å². The molecule has 4 fully saturated rings. The van der Waals surface area contributed by atoms with E-state index in [1.165, 1.54) is 48.7 Å². The number of piperazine rings is 4. The molecule has 4 N–H and O–H groups in total. The van der Waals surface area contributed by atoms with E-state index in [0.717, 1.165) is 65.6 Å². The van der Waals surface area contributed by atoms with Crippen LogP contribution in [0.3, 0.4) is 0 Å². The standard InChI is InChI=1S/C16H18N2O4S.C11H7BrO2.C10H20N2O4S.C9H18N2O2.C5H12N2O2S.CH4/c1-23(21,22)18-8-6-17(7-9-18)13-3-4-14-12(10-13)2-5-16(20)15(14)11-19;12-8-2-3-9-7(5-8)1-4-11(14)10(9)6-13;1-10(2,3)16-9(13)11-5-7-12(8-6-11)17(4,14)15;1-9(2,3)13-8(12)11-6-4-10-5-7-11;1-10(8,9)7-4-2-6-3-5-7;/h2-5,10-11,20H,6-9H2,1H3;1-6,14H;5-8H2,1-4H3;10H,4-7H2,1-3H3;6H,2-5H2,1H3;1H4. The number of sulfonamides is 3. The zero-order valence-corrected chi connectivity index (χ0v) is 49.4. The van der Waals surface area contributed by atoms with Crippen molar-refractivity contribution in [3.8, 4) is 11.5 Å². The fourth-order valence-corrected chi connectivity index (χ4v) is 10.9. The average Bonchev–Trinajstić information content (AvgIpc) is 3.36. The molecule has 4 heterocycles. The van der Waals surface area contributed by atoms with Crippen molar-refractivity contribution in [2.24, 2.45) is 0 Å². The summed E-state index contributed by atoms with van der Waals surface area (Å²) >= 11 is 3.35. The first-order chi connectivity index (χ1) is 35.8. The lowest BCUT2D eigenvalue weighted by atomic mass is 10.0. The minimum atomic E-state index is -3.16. The van der Waals surface area contributed by atoms with Crippen LogP contribution in [0.1, 0.15) is 69.7 Å². The van der Waals surface area contributed by atoms with Gasteiger partial charge in [-0.2, -0.15) is 12.9 Å². The highest BCUT2D eigenvalue weighted by atomic mass is 79.9. The van der Waals surface area contributed by atoms with Crippen LogP contribution in [-0.4, -0.2) is 218 Å². The molecule has 22 nitrogen and oxygen atoms in total. The zero-order chi connectivity index (χ0) is 57.5. The molecule has 0 aliphatic carbocycles. The Morgan fingerprint density at radius 2 is 0.885 bits per heavy atom. The quantitative estimate of drug-likeness (QED) is 0.177. The molecule has 0 unspecified atom stereocenters. The highest BCUT2D eigenvalue weighted by Gasteiger charge is 2.29. The van der Waals surface area contributed by atoms with Crippen molar-refractivity contribution in [2.75, 3.05) is 128 Å². The van der Waals surface area contributed by atoms with Gasteiger partial charge in [-0.3, -0.25) is 9.59 Å². The molecular formula is C52H79BrN8O14S3. The molecule has 4 aromatic rings. The van der Waals surface area contributed by atoms with Gasteiger partial charge in [0, 0.05) is 115 Å². The van der Waals surface area contributed by atoms with Gasteiger partial charge in [0.2, 0.25) is 30.1 Å². The first-order valence-electron chi connectivity index (χ1n) is 24.9. The normalized spacial score (nSPS) is 17.0. The largest absolute Gasteiger partial charge is 0.507 e. The number of fused-ring (bicyclic) bond motifs is 2. The number of nitrogens with zero attached hydrogens (tertiary/aromatic N) is 6. The number of rotatable bonds is 6. The van der Waals surface area contributed by atoms with Crippen molar-refractivity contribution >= 4 is 98.0 Å². The molecule has 26 heteroatoms. The first-order valence-corrected chi connectivity index (χ1v) is 31.2. The highest BCUT2D eigenvalue weighted by Crippen LogP contribution is 2.30. The smallest absolute Gasteiger partial charge is 0.410 e. The Bertz CT molecular complexity index is 3000. The molecule has 436 valence electrons. The lowest BCUT2D eigenvalue weighted by Gasteiger charge is -2.34. The summed E-state index contributed by atoms with van der Waals surface area (Å²) in [6.07, 6.45) is 4.40. The summed E-state index contributed by atoms with van der Waals surface area (Å²) in [7, 11) is -9.23. The number of carbonyl (C=O) groups excluding carboxylic acids is 4. The van der Waals surface area contributed by atoms with Crippen LogP contribution in [0.25, 0.3) is 21.5 Å². The minimum Gasteiger partial charge on any atom is -0.507 e. The SMILES string of the molecule is C.CC(C)(C)OC(=O)N1CCN(S(C)(=O)=O)CC1.CC(C)(C)OC(=O)N1CCNCC1.CS(=O)(=O)N1CCN(c2ccc3c(C=O)c(O)ccc3c2)CC1.CS(=O)(=O)N1CCNCC1.O=Cc1c(O)ccc2cc(Br)ccc12. The average molecular weight is 1220 g/mol. The predicted molar refractivity (Wildman–Crippen MR) is 309 cm³/mol. The van der Waals surface area contributed by atoms with Gasteiger partial charge < -0.3 is 45.0 Å². The Morgan fingerprint density at radius 3 is 1.27 bits per heavy atom. The molecule has 4 aromatic carbocycles. The maximum atomic E-state index is 11.7. The van der Waals surface area contributed by atoms with Gasteiger partial charge in [0.15, 0.2) is 12.6 Å². The van der Waals surface area contributed by atoms with E-state index in [1.54, 1.807) is 37.8 Å². The Morgan fingerprint density at radius 1 is 0.526 bits per heavy atom. The maximum Gasteiger partial charge on any atom is 0.410 e. The minimum absolute atomic E-state index is 0. The number of halogens is 1. The topological polar surface area (TPSA) is 273 Å². The van der Waals surface area contributed by atoms with E-state index in [-0.39, 0.29) is 42.3 Å². The van der Waals surface area contributed by atoms with Gasteiger partial charge in [-0.15, -0.1) is 0 Å². The van der Waals surface area contributed by atoms with Crippen LogP contribution >= 0.6 is 15.9 Å². The van der Waals surface area contributed by atoms with Gasteiger partial charge in [0.05, 0.1) is 29.9 Å². The lowest BCUT2D eigenvalue weighted by molar-refractivity contribution is 0.0190. The summed E-state index contributed by atoms with van der Waals surface area (Å²) < 4.78 is 83.2. The molecule has 0 spiro atoms. The molecule has 0 aromatic heterocycles. The summed E-state index contributed by atoms with van der Waals surface area (Å²) in [6, 6.07) is 17.8. The van der Waals surface area contributed by atoms with Crippen molar-refractivity contribution in [3.05, 3.63) is 76.3 Å². The van der Waals surface area contributed by atoms with Crippen LogP contribution in [-0.2, 0) is 39.5 Å². The lowest BCUT2D eigenvalue weighted by Crippen LogP contribution is -2.51. The number of phenols is 2. The second kappa shape index (κ2) is 29.3. The monoisotopic (exact) mass is 1210 g/mol. The molecular weight excluding hydrogens is 1140 g/mol. The maximum absolute atomic E-state index is 11.7. The van der Waals surface area contributed by atoms with E-state index in [0.29, 0.717) is 89.0 Å². The van der Waals surface area contributed by atoms with Crippen molar-refractivity contribution in [2.45, 2.75) is 60.2 Å². The van der Waals surface area contributed by atoms with Crippen molar-refractivity contribution in [3.63, 3.8) is 0 Å². The van der Waals surface area contributed by atoms with Crippen LogP contribution in [0.2, 0.25) is 0 Å². The molecule has 8 rings (SSSR count). The van der Waals surface area contributed by atoms with Gasteiger partial charge in [0.25, 0.3) is 0 Å². The molecule has 78 heavy (non-hydrogen) atoms. The number of aldehydes is 2. The summed E-state index contributed by atoms with van der Waals surface area (Å²) in [6.45, 7) is 20.6. The summed E-state index contributed by atoms with van der Waals surface area (Å²) in [5.41, 5.74) is 0.701. The summed E-state index contributed by atoms with van der Waals surface area (Å²) in [4.78, 5) is 50.5. The number of amides is 2. The number of nitrogens with one attached hydrogen (secondary N) is 2. The van der Waals surface area contributed by atoms with Gasteiger partial charge in [-0.25, -0.2) is 34.8 Å². The van der Waals surface area contributed by atoms with Crippen LogP contribution < -0.4 is 15.5 Å². The fraction of sp³-hybridized carbons (Fsp3) is 0.538. The first kappa shape index (κ1) is 67.1. The zero-order valence-electron chi connectivity index (χ0n) is 45.3. The van der Waals surface area contributed by atoms with Gasteiger partial charge in [-0.1, -0.05) is 47.6 Å². The van der Waals surface area contributed by atoms with Gasteiger partial charge in [0.1, 0.15) is 22.7 Å². The number of anilines is 1. The highest BCUT2D eigenvalue weighted by molar-refractivity contribution is 9.10. The predicted octanol–water partition coefficient (Wildman–Crippen LogP) is 5.37.